The third kappa shape index (κ3) is 4.29. The first kappa shape index (κ1) is 11.4. The van der Waals surface area contributed by atoms with Gasteiger partial charge in [0.15, 0.2) is 0 Å². The van der Waals surface area contributed by atoms with E-state index in [0.717, 1.165) is 0 Å². The van der Waals surface area contributed by atoms with Crippen molar-refractivity contribution in [3.05, 3.63) is 36.4 Å². The SMILES string of the molecule is C=CS/C=C\N(C=C)C(C)(C)C. The van der Waals surface area contributed by atoms with Gasteiger partial charge in [0, 0.05) is 11.7 Å². The second kappa shape index (κ2) is 5.09. The first-order valence-corrected chi connectivity index (χ1v) is 4.80. The normalized spacial score (nSPS) is 11.6. The third-order valence-corrected chi connectivity index (χ3v) is 1.84. The molecule has 0 aromatic rings. The molecule has 0 unspecified atom stereocenters. The molecule has 0 saturated carbocycles. The van der Waals surface area contributed by atoms with Crippen molar-refractivity contribution >= 4 is 11.8 Å². The van der Waals surface area contributed by atoms with E-state index < -0.39 is 0 Å². The van der Waals surface area contributed by atoms with Crippen molar-refractivity contribution in [2.24, 2.45) is 0 Å². The van der Waals surface area contributed by atoms with Gasteiger partial charge in [-0.2, -0.15) is 0 Å². The maximum absolute atomic E-state index is 3.75. The fraction of sp³-hybridized carbons (Fsp3) is 0.400. The Labute approximate surface area is 79.8 Å². The lowest BCUT2D eigenvalue weighted by atomic mass is 10.1. The van der Waals surface area contributed by atoms with Crippen LogP contribution in [0.25, 0.3) is 0 Å². The average molecular weight is 183 g/mol. The molecule has 12 heavy (non-hydrogen) atoms. The zero-order valence-electron chi connectivity index (χ0n) is 8.08. The van der Waals surface area contributed by atoms with Crippen LogP contribution < -0.4 is 0 Å². The maximum Gasteiger partial charge on any atom is 0.0355 e. The Morgan fingerprint density at radius 2 is 1.83 bits per heavy atom. The molecule has 0 atom stereocenters. The van der Waals surface area contributed by atoms with E-state index in [0.29, 0.717) is 0 Å². The van der Waals surface area contributed by atoms with Gasteiger partial charge in [-0.3, -0.25) is 0 Å². The first-order chi connectivity index (χ1) is 5.52. The second-order valence-electron chi connectivity index (χ2n) is 3.35. The lowest BCUT2D eigenvalue weighted by molar-refractivity contribution is 0.282. The summed E-state index contributed by atoms with van der Waals surface area (Å²) in [4.78, 5) is 2.06. The van der Waals surface area contributed by atoms with E-state index in [1.165, 1.54) is 0 Å². The van der Waals surface area contributed by atoms with E-state index in [9.17, 15) is 0 Å². The molecule has 0 fully saturated rings. The Balaban J connectivity index is 4.17. The van der Waals surface area contributed by atoms with Crippen LogP contribution in [0.3, 0.4) is 0 Å². The van der Waals surface area contributed by atoms with Gasteiger partial charge < -0.3 is 4.90 Å². The molecule has 0 amide bonds. The Morgan fingerprint density at radius 3 is 2.17 bits per heavy atom. The minimum absolute atomic E-state index is 0.0972. The smallest absolute Gasteiger partial charge is 0.0355 e. The molecule has 0 aliphatic heterocycles. The van der Waals surface area contributed by atoms with Crippen LogP contribution in [-0.2, 0) is 0 Å². The number of hydrogen-bond donors (Lipinski definition) is 0. The summed E-state index contributed by atoms with van der Waals surface area (Å²) in [6, 6.07) is 0. The van der Waals surface area contributed by atoms with Crippen molar-refractivity contribution in [1.82, 2.24) is 4.90 Å². The number of rotatable bonds is 4. The van der Waals surface area contributed by atoms with Crippen LogP contribution in [0.5, 0.6) is 0 Å². The Morgan fingerprint density at radius 1 is 1.25 bits per heavy atom. The highest BCUT2D eigenvalue weighted by atomic mass is 32.2. The zero-order chi connectivity index (χ0) is 9.61. The van der Waals surface area contributed by atoms with Crippen LogP contribution in [0.4, 0.5) is 0 Å². The molecule has 0 rings (SSSR count). The fourth-order valence-electron chi connectivity index (χ4n) is 0.715. The largest absolute Gasteiger partial charge is 0.349 e. The monoisotopic (exact) mass is 183 g/mol. The molecule has 0 aliphatic rings. The van der Waals surface area contributed by atoms with E-state index >= 15 is 0 Å². The van der Waals surface area contributed by atoms with Gasteiger partial charge in [0.1, 0.15) is 0 Å². The molecule has 0 aliphatic carbocycles. The average Bonchev–Trinajstić information content (AvgIpc) is 1.95. The fourth-order valence-corrected chi connectivity index (χ4v) is 1.03. The van der Waals surface area contributed by atoms with Crippen LogP contribution in [0, 0.1) is 0 Å². The summed E-state index contributed by atoms with van der Waals surface area (Å²) >= 11 is 1.56. The number of thioether (sulfide) groups is 1. The molecule has 68 valence electrons. The highest BCUT2D eigenvalue weighted by Crippen LogP contribution is 2.15. The van der Waals surface area contributed by atoms with Gasteiger partial charge in [0.2, 0.25) is 0 Å². The van der Waals surface area contributed by atoms with Gasteiger partial charge in [0.05, 0.1) is 0 Å². The summed E-state index contributed by atoms with van der Waals surface area (Å²) in [7, 11) is 0. The van der Waals surface area contributed by atoms with Crippen molar-refractivity contribution in [2.75, 3.05) is 0 Å². The van der Waals surface area contributed by atoms with E-state index in [4.69, 9.17) is 0 Å². The van der Waals surface area contributed by atoms with Gasteiger partial charge in [-0.1, -0.05) is 13.2 Å². The number of hydrogen-bond acceptors (Lipinski definition) is 2. The second-order valence-corrected chi connectivity index (χ2v) is 4.23. The van der Waals surface area contributed by atoms with Crippen LogP contribution >= 0.6 is 11.8 Å². The van der Waals surface area contributed by atoms with Crippen LogP contribution in [0.15, 0.2) is 36.4 Å². The maximum atomic E-state index is 3.75. The molecule has 0 spiro atoms. The number of nitrogens with zero attached hydrogens (tertiary/aromatic N) is 1. The molecule has 0 saturated heterocycles. The van der Waals surface area contributed by atoms with Crippen molar-refractivity contribution < 1.29 is 0 Å². The molecule has 0 N–H and O–H groups in total. The van der Waals surface area contributed by atoms with Gasteiger partial charge in [-0.25, -0.2) is 0 Å². The topological polar surface area (TPSA) is 3.24 Å². The van der Waals surface area contributed by atoms with E-state index in [1.807, 2.05) is 17.8 Å². The standard InChI is InChI=1S/C10H17NS/c1-6-11(10(3,4)5)8-9-12-7-2/h6-9H,1-2H2,3-5H3/b9-8-. The minimum atomic E-state index is 0.0972. The third-order valence-electron chi connectivity index (χ3n) is 1.37. The summed E-state index contributed by atoms with van der Waals surface area (Å²) in [5.41, 5.74) is 0.0972. The molecule has 0 aromatic carbocycles. The van der Waals surface area contributed by atoms with Crippen molar-refractivity contribution in [3.8, 4) is 0 Å². The molecule has 2 heteroatoms. The highest BCUT2D eigenvalue weighted by molar-refractivity contribution is 8.04. The van der Waals surface area contributed by atoms with Crippen LogP contribution in [0.2, 0.25) is 0 Å². The molecular weight excluding hydrogens is 166 g/mol. The van der Waals surface area contributed by atoms with Gasteiger partial charge >= 0.3 is 0 Å². The quantitative estimate of drug-likeness (QED) is 0.655. The Kier molecular flexibility index (Phi) is 4.83. The van der Waals surface area contributed by atoms with Gasteiger partial charge in [0.25, 0.3) is 0 Å². The van der Waals surface area contributed by atoms with Crippen molar-refractivity contribution in [3.63, 3.8) is 0 Å². The lowest BCUT2D eigenvalue weighted by Gasteiger charge is -2.31. The summed E-state index contributed by atoms with van der Waals surface area (Å²) in [6.45, 7) is 13.8. The van der Waals surface area contributed by atoms with Crippen LogP contribution in [0.1, 0.15) is 20.8 Å². The van der Waals surface area contributed by atoms with Crippen molar-refractivity contribution in [1.29, 1.82) is 0 Å². The molecule has 0 heterocycles. The zero-order valence-corrected chi connectivity index (χ0v) is 8.90. The van der Waals surface area contributed by atoms with E-state index in [1.54, 1.807) is 17.2 Å². The Bertz CT molecular complexity index is 177. The molecule has 0 aromatic heterocycles. The van der Waals surface area contributed by atoms with Crippen molar-refractivity contribution in [2.45, 2.75) is 26.3 Å². The van der Waals surface area contributed by atoms with Gasteiger partial charge in [-0.05, 0) is 37.8 Å². The molecular formula is C10H17NS. The lowest BCUT2D eigenvalue weighted by Crippen LogP contribution is -2.32. The Hall–Kier alpha value is -0.630. The van der Waals surface area contributed by atoms with Crippen LogP contribution in [-0.4, -0.2) is 10.4 Å². The predicted octanol–water partition coefficient (Wildman–Crippen LogP) is 3.58. The van der Waals surface area contributed by atoms with E-state index in [-0.39, 0.29) is 5.54 Å². The summed E-state index contributed by atoms with van der Waals surface area (Å²) < 4.78 is 0. The first-order valence-electron chi connectivity index (χ1n) is 3.86. The molecule has 1 nitrogen and oxygen atoms in total. The van der Waals surface area contributed by atoms with Gasteiger partial charge in [-0.15, -0.1) is 11.8 Å². The summed E-state index contributed by atoms with van der Waals surface area (Å²) in [5.74, 6) is 0. The highest BCUT2D eigenvalue weighted by Gasteiger charge is 2.14. The van der Waals surface area contributed by atoms with E-state index in [2.05, 4.69) is 38.8 Å². The molecule has 0 bridgehead atoms. The summed E-state index contributed by atoms with van der Waals surface area (Å²) in [5, 5.41) is 3.78. The minimum Gasteiger partial charge on any atom is -0.349 e. The molecule has 0 radical (unpaired) electrons. The predicted molar refractivity (Wildman–Crippen MR) is 58.7 cm³/mol. The summed E-state index contributed by atoms with van der Waals surface area (Å²) in [6.07, 6.45) is 3.82.